The summed E-state index contributed by atoms with van der Waals surface area (Å²) in [5, 5.41) is 3.47. The minimum absolute atomic E-state index is 0.683. The molecular weight excluding hydrogens is 236 g/mol. The minimum atomic E-state index is 0.683. The molecule has 3 rings (SSSR count). The molecule has 3 heteroatoms. The summed E-state index contributed by atoms with van der Waals surface area (Å²) < 4.78 is 5.67. The van der Waals surface area contributed by atoms with Crippen molar-refractivity contribution in [3.05, 3.63) is 23.8 Å². The van der Waals surface area contributed by atoms with Gasteiger partial charge in [0.15, 0.2) is 0 Å². The predicted octanol–water partition coefficient (Wildman–Crippen LogP) is 2.62. The van der Waals surface area contributed by atoms with Gasteiger partial charge in [-0.05, 0) is 62.5 Å². The summed E-state index contributed by atoms with van der Waals surface area (Å²) in [6.07, 6.45) is 2.60. The Hall–Kier alpha value is -1.22. The average molecular weight is 260 g/mol. The maximum atomic E-state index is 5.67. The molecule has 1 aromatic rings. The van der Waals surface area contributed by atoms with E-state index in [4.69, 9.17) is 4.74 Å². The van der Waals surface area contributed by atoms with Gasteiger partial charge >= 0.3 is 0 Å². The van der Waals surface area contributed by atoms with E-state index in [2.05, 4.69) is 35.5 Å². The number of nitrogens with zero attached hydrogens (tertiary/aromatic N) is 1. The van der Waals surface area contributed by atoms with Gasteiger partial charge in [0, 0.05) is 25.2 Å². The highest BCUT2D eigenvalue weighted by atomic mass is 16.5. The zero-order chi connectivity index (χ0) is 13.2. The molecule has 2 aliphatic rings. The molecule has 0 aromatic heterocycles. The Morgan fingerprint density at radius 1 is 1.32 bits per heavy atom. The van der Waals surface area contributed by atoms with Crippen molar-refractivity contribution in [2.24, 2.45) is 5.92 Å². The lowest BCUT2D eigenvalue weighted by molar-refractivity contribution is 0.323. The highest BCUT2D eigenvalue weighted by Crippen LogP contribution is 2.43. The second kappa shape index (κ2) is 5.41. The standard InChI is InChI=1S/C16H24N2O/c1-3-19-13-4-5-16-14(10-13)15(11-18(16)2)12-6-8-17-9-7-12/h4-5,10,12,15,17H,3,6-9,11H2,1-2H3. The van der Waals surface area contributed by atoms with Gasteiger partial charge in [0.2, 0.25) is 0 Å². The molecule has 1 atom stereocenters. The first-order chi connectivity index (χ1) is 9.29. The van der Waals surface area contributed by atoms with E-state index >= 15 is 0 Å². The maximum absolute atomic E-state index is 5.67. The lowest BCUT2D eigenvalue weighted by Gasteiger charge is -2.28. The topological polar surface area (TPSA) is 24.5 Å². The highest BCUT2D eigenvalue weighted by molar-refractivity contribution is 5.62. The molecule has 1 saturated heterocycles. The second-order valence-corrected chi connectivity index (χ2v) is 5.73. The number of benzene rings is 1. The van der Waals surface area contributed by atoms with E-state index in [9.17, 15) is 0 Å². The first-order valence-corrected chi connectivity index (χ1v) is 7.48. The van der Waals surface area contributed by atoms with Gasteiger partial charge in [-0.2, -0.15) is 0 Å². The summed E-state index contributed by atoms with van der Waals surface area (Å²) in [5.41, 5.74) is 2.90. The Morgan fingerprint density at radius 3 is 2.84 bits per heavy atom. The molecule has 0 saturated carbocycles. The van der Waals surface area contributed by atoms with Crippen LogP contribution in [0, 0.1) is 5.92 Å². The van der Waals surface area contributed by atoms with Crippen LogP contribution in [0.3, 0.4) is 0 Å². The van der Waals surface area contributed by atoms with E-state index in [1.165, 1.54) is 37.2 Å². The van der Waals surface area contributed by atoms with E-state index in [0.717, 1.165) is 24.8 Å². The maximum Gasteiger partial charge on any atom is 0.119 e. The number of nitrogens with one attached hydrogen (secondary N) is 1. The zero-order valence-electron chi connectivity index (χ0n) is 12.0. The lowest BCUT2D eigenvalue weighted by atomic mass is 9.81. The van der Waals surface area contributed by atoms with Crippen molar-refractivity contribution in [3.63, 3.8) is 0 Å². The van der Waals surface area contributed by atoms with E-state index in [-0.39, 0.29) is 0 Å². The lowest BCUT2D eigenvalue weighted by Crippen LogP contribution is -2.32. The van der Waals surface area contributed by atoms with Gasteiger partial charge < -0.3 is 15.0 Å². The Balaban J connectivity index is 1.87. The number of rotatable bonds is 3. The third kappa shape index (κ3) is 2.44. The van der Waals surface area contributed by atoms with Gasteiger partial charge in [-0.3, -0.25) is 0 Å². The molecule has 0 bridgehead atoms. The summed E-state index contributed by atoms with van der Waals surface area (Å²) in [5.74, 6) is 2.53. The fraction of sp³-hybridized carbons (Fsp3) is 0.625. The van der Waals surface area contributed by atoms with Crippen LogP contribution in [0.15, 0.2) is 18.2 Å². The van der Waals surface area contributed by atoms with Crippen LogP contribution in [0.25, 0.3) is 0 Å². The van der Waals surface area contributed by atoms with Crippen molar-refractivity contribution in [2.75, 3.05) is 38.2 Å². The molecule has 2 heterocycles. The summed E-state index contributed by atoms with van der Waals surface area (Å²) >= 11 is 0. The molecule has 1 N–H and O–H groups in total. The van der Waals surface area contributed by atoms with Crippen LogP contribution in [0.1, 0.15) is 31.2 Å². The smallest absolute Gasteiger partial charge is 0.119 e. The Labute approximate surface area is 115 Å². The molecule has 19 heavy (non-hydrogen) atoms. The van der Waals surface area contributed by atoms with Gasteiger partial charge in [0.05, 0.1) is 6.61 Å². The molecule has 0 radical (unpaired) electrons. The first kappa shape index (κ1) is 12.8. The van der Waals surface area contributed by atoms with Crippen molar-refractivity contribution in [3.8, 4) is 5.75 Å². The monoisotopic (exact) mass is 260 g/mol. The Bertz CT molecular complexity index is 440. The summed E-state index contributed by atoms with van der Waals surface area (Å²) in [6, 6.07) is 6.60. The molecule has 3 nitrogen and oxygen atoms in total. The zero-order valence-corrected chi connectivity index (χ0v) is 12.0. The molecule has 1 unspecified atom stereocenters. The number of hydrogen-bond donors (Lipinski definition) is 1. The van der Waals surface area contributed by atoms with Crippen LogP contribution in [0.2, 0.25) is 0 Å². The van der Waals surface area contributed by atoms with Crippen LogP contribution in [0.4, 0.5) is 5.69 Å². The van der Waals surface area contributed by atoms with Crippen LogP contribution in [0.5, 0.6) is 5.75 Å². The molecule has 2 aliphatic heterocycles. The average Bonchev–Trinajstić information content (AvgIpc) is 2.77. The summed E-state index contributed by atoms with van der Waals surface area (Å²) in [7, 11) is 2.21. The summed E-state index contributed by atoms with van der Waals surface area (Å²) in [4.78, 5) is 2.40. The SMILES string of the molecule is CCOc1ccc2c(c1)C(C1CCNCC1)CN2C. The first-order valence-electron chi connectivity index (χ1n) is 7.48. The van der Waals surface area contributed by atoms with Gasteiger partial charge in [-0.1, -0.05) is 0 Å². The minimum Gasteiger partial charge on any atom is -0.494 e. The van der Waals surface area contributed by atoms with Crippen LogP contribution >= 0.6 is 0 Å². The number of likely N-dealkylation sites (N-methyl/N-ethyl adjacent to an activating group) is 1. The van der Waals surface area contributed by atoms with Gasteiger partial charge in [-0.25, -0.2) is 0 Å². The normalized spacial score (nSPS) is 23.5. The quantitative estimate of drug-likeness (QED) is 0.904. The van der Waals surface area contributed by atoms with E-state index in [1.807, 2.05) is 6.92 Å². The van der Waals surface area contributed by atoms with E-state index in [0.29, 0.717) is 5.92 Å². The number of hydrogen-bond acceptors (Lipinski definition) is 3. The molecule has 0 amide bonds. The van der Waals surface area contributed by atoms with Crippen molar-refractivity contribution in [2.45, 2.75) is 25.7 Å². The third-order valence-electron chi connectivity index (χ3n) is 4.54. The largest absolute Gasteiger partial charge is 0.494 e. The Kier molecular flexibility index (Phi) is 3.65. The molecule has 0 aliphatic carbocycles. The van der Waals surface area contributed by atoms with Gasteiger partial charge in [-0.15, -0.1) is 0 Å². The number of ether oxygens (including phenoxy) is 1. The fourth-order valence-corrected chi connectivity index (χ4v) is 3.58. The molecule has 104 valence electrons. The molecule has 1 aromatic carbocycles. The third-order valence-corrected chi connectivity index (χ3v) is 4.54. The number of fused-ring (bicyclic) bond motifs is 1. The van der Waals surface area contributed by atoms with Crippen LogP contribution in [-0.2, 0) is 0 Å². The highest BCUT2D eigenvalue weighted by Gasteiger charge is 2.33. The Morgan fingerprint density at radius 2 is 2.11 bits per heavy atom. The van der Waals surface area contributed by atoms with Crippen molar-refractivity contribution >= 4 is 5.69 Å². The summed E-state index contributed by atoms with van der Waals surface area (Å²) in [6.45, 7) is 6.29. The number of anilines is 1. The van der Waals surface area contributed by atoms with Crippen LogP contribution in [-0.4, -0.2) is 33.3 Å². The number of piperidine rings is 1. The van der Waals surface area contributed by atoms with Crippen molar-refractivity contribution < 1.29 is 4.74 Å². The van der Waals surface area contributed by atoms with E-state index in [1.54, 1.807) is 0 Å². The van der Waals surface area contributed by atoms with Crippen molar-refractivity contribution in [1.29, 1.82) is 0 Å². The molecule has 0 spiro atoms. The predicted molar refractivity (Wildman–Crippen MR) is 79.2 cm³/mol. The fourth-order valence-electron chi connectivity index (χ4n) is 3.58. The molecule has 1 fully saturated rings. The van der Waals surface area contributed by atoms with E-state index < -0.39 is 0 Å². The van der Waals surface area contributed by atoms with Gasteiger partial charge in [0.1, 0.15) is 5.75 Å². The second-order valence-electron chi connectivity index (χ2n) is 5.73. The molecular formula is C16H24N2O. The van der Waals surface area contributed by atoms with Crippen LogP contribution < -0.4 is 15.0 Å². The van der Waals surface area contributed by atoms with Gasteiger partial charge in [0.25, 0.3) is 0 Å². The van der Waals surface area contributed by atoms with Crippen molar-refractivity contribution in [1.82, 2.24) is 5.32 Å².